The lowest BCUT2D eigenvalue weighted by molar-refractivity contribution is -0.133. The van der Waals surface area contributed by atoms with Crippen molar-refractivity contribution in [3.8, 4) is 11.1 Å². The van der Waals surface area contributed by atoms with E-state index in [0.29, 0.717) is 13.1 Å². The number of nitrogens with one attached hydrogen (secondary N) is 1. The molecule has 1 fully saturated rings. The zero-order valence-electron chi connectivity index (χ0n) is 15.0. The fourth-order valence-electron chi connectivity index (χ4n) is 3.89. The molecule has 4 rings (SSSR count). The van der Waals surface area contributed by atoms with Gasteiger partial charge in [0.25, 0.3) is 0 Å². The van der Waals surface area contributed by atoms with E-state index in [4.69, 9.17) is 4.74 Å². The van der Waals surface area contributed by atoms with Crippen molar-refractivity contribution < 1.29 is 14.3 Å². The Labute approximate surface area is 153 Å². The summed E-state index contributed by atoms with van der Waals surface area (Å²) < 4.78 is 5.67. The van der Waals surface area contributed by atoms with Gasteiger partial charge in [-0.05, 0) is 36.1 Å². The number of hydrogen-bond acceptors (Lipinski definition) is 3. The third kappa shape index (κ3) is 2.55. The van der Waals surface area contributed by atoms with E-state index in [-0.39, 0.29) is 18.4 Å². The van der Waals surface area contributed by atoms with Crippen molar-refractivity contribution >= 4 is 12.0 Å². The lowest BCUT2D eigenvalue weighted by Crippen LogP contribution is -2.63. The summed E-state index contributed by atoms with van der Waals surface area (Å²) in [4.78, 5) is 26.2. The number of rotatable bonds is 2. The van der Waals surface area contributed by atoms with Crippen molar-refractivity contribution in [1.29, 1.82) is 0 Å². The van der Waals surface area contributed by atoms with E-state index in [0.717, 1.165) is 0 Å². The largest absolute Gasteiger partial charge is 0.448 e. The van der Waals surface area contributed by atoms with Crippen LogP contribution in [0.2, 0.25) is 0 Å². The maximum Gasteiger partial charge on any atom is 0.410 e. The zero-order valence-corrected chi connectivity index (χ0v) is 15.0. The van der Waals surface area contributed by atoms with Gasteiger partial charge in [0.05, 0.1) is 0 Å². The van der Waals surface area contributed by atoms with Crippen LogP contribution in [0.3, 0.4) is 0 Å². The smallest absolute Gasteiger partial charge is 0.410 e. The molecule has 2 aliphatic rings. The van der Waals surface area contributed by atoms with Gasteiger partial charge in [0.1, 0.15) is 12.1 Å². The number of nitrogens with zero attached hydrogens (tertiary/aromatic N) is 1. The summed E-state index contributed by atoms with van der Waals surface area (Å²) in [6, 6.07) is 16.5. The topological polar surface area (TPSA) is 58.6 Å². The number of piperazine rings is 1. The number of ether oxygens (including phenoxy) is 1. The minimum absolute atomic E-state index is 0.0214. The quantitative estimate of drug-likeness (QED) is 0.905. The first-order valence-corrected chi connectivity index (χ1v) is 8.91. The molecule has 5 nitrogen and oxygen atoms in total. The fraction of sp³-hybridized carbons (Fsp3) is 0.333. The maximum absolute atomic E-state index is 12.7. The molecule has 1 saturated heterocycles. The molecule has 5 heteroatoms. The van der Waals surface area contributed by atoms with Gasteiger partial charge in [0.15, 0.2) is 0 Å². The van der Waals surface area contributed by atoms with Crippen LogP contribution in [0.25, 0.3) is 11.1 Å². The van der Waals surface area contributed by atoms with Crippen LogP contribution in [0.15, 0.2) is 48.5 Å². The molecule has 2 aromatic rings. The summed E-state index contributed by atoms with van der Waals surface area (Å²) in [5, 5.41) is 2.79. The molecule has 2 amide bonds. The van der Waals surface area contributed by atoms with Gasteiger partial charge in [-0.15, -0.1) is 0 Å². The van der Waals surface area contributed by atoms with Gasteiger partial charge in [-0.3, -0.25) is 9.69 Å². The maximum atomic E-state index is 12.7. The number of hydrogen-bond donors (Lipinski definition) is 1. The van der Waals surface area contributed by atoms with Crippen LogP contribution in [0, 0.1) is 0 Å². The second kappa shape index (κ2) is 6.16. The Morgan fingerprint density at radius 1 is 1.12 bits per heavy atom. The van der Waals surface area contributed by atoms with Gasteiger partial charge < -0.3 is 10.1 Å². The lowest BCUT2D eigenvalue weighted by Gasteiger charge is -2.40. The summed E-state index contributed by atoms with van der Waals surface area (Å²) in [6.45, 7) is 4.65. The molecular weight excluding hydrogens is 328 g/mol. The van der Waals surface area contributed by atoms with Gasteiger partial charge in [-0.1, -0.05) is 48.5 Å². The van der Waals surface area contributed by atoms with E-state index >= 15 is 0 Å². The van der Waals surface area contributed by atoms with E-state index in [1.54, 1.807) is 13.8 Å². The van der Waals surface area contributed by atoms with Crippen LogP contribution < -0.4 is 5.32 Å². The molecule has 1 aliphatic carbocycles. The number of carbonyl (C=O) groups is 2. The first-order chi connectivity index (χ1) is 12.5. The fourth-order valence-corrected chi connectivity index (χ4v) is 3.89. The Kier molecular flexibility index (Phi) is 3.94. The van der Waals surface area contributed by atoms with Gasteiger partial charge in [0.2, 0.25) is 5.91 Å². The molecule has 1 N–H and O–H groups in total. The van der Waals surface area contributed by atoms with E-state index in [2.05, 4.69) is 29.6 Å². The molecule has 0 bridgehead atoms. The molecule has 0 unspecified atom stereocenters. The molecule has 0 saturated carbocycles. The average Bonchev–Trinajstić information content (AvgIpc) is 2.96. The molecule has 0 radical (unpaired) electrons. The normalized spacial score (nSPS) is 18.1. The van der Waals surface area contributed by atoms with Gasteiger partial charge in [-0.25, -0.2) is 4.79 Å². The van der Waals surface area contributed by atoms with E-state index in [9.17, 15) is 9.59 Å². The van der Waals surface area contributed by atoms with Crippen molar-refractivity contribution in [1.82, 2.24) is 10.2 Å². The van der Waals surface area contributed by atoms with E-state index in [1.807, 2.05) is 24.3 Å². The highest BCUT2D eigenvalue weighted by molar-refractivity contribution is 5.90. The van der Waals surface area contributed by atoms with Gasteiger partial charge in [-0.2, -0.15) is 0 Å². The minimum Gasteiger partial charge on any atom is -0.448 e. The number of benzene rings is 2. The van der Waals surface area contributed by atoms with Crippen LogP contribution in [0.1, 0.15) is 30.9 Å². The monoisotopic (exact) mass is 350 g/mol. The summed E-state index contributed by atoms with van der Waals surface area (Å²) in [7, 11) is 0. The van der Waals surface area contributed by atoms with Crippen molar-refractivity contribution in [3.63, 3.8) is 0 Å². The SMILES string of the molecule is CC1(C)C(=O)NCCN1C(=O)OCC1c2ccccc2-c2ccccc21. The zero-order chi connectivity index (χ0) is 18.3. The Hall–Kier alpha value is -2.82. The third-order valence-electron chi connectivity index (χ3n) is 5.41. The Morgan fingerprint density at radius 2 is 1.69 bits per heavy atom. The second-order valence-corrected chi connectivity index (χ2v) is 7.27. The minimum atomic E-state index is -0.902. The first kappa shape index (κ1) is 16.6. The van der Waals surface area contributed by atoms with Crippen LogP contribution in [0.5, 0.6) is 0 Å². The summed E-state index contributed by atoms with van der Waals surface area (Å²) >= 11 is 0. The number of fused-ring (bicyclic) bond motifs is 3. The number of amides is 2. The molecule has 0 aromatic heterocycles. The molecule has 26 heavy (non-hydrogen) atoms. The highest BCUT2D eigenvalue weighted by Crippen LogP contribution is 2.44. The molecule has 0 atom stereocenters. The summed E-state index contributed by atoms with van der Waals surface area (Å²) in [5.74, 6) is -0.134. The van der Waals surface area contributed by atoms with Crippen molar-refractivity contribution in [2.45, 2.75) is 25.3 Å². The van der Waals surface area contributed by atoms with Crippen molar-refractivity contribution in [2.75, 3.05) is 19.7 Å². The third-order valence-corrected chi connectivity index (χ3v) is 5.41. The Bertz CT molecular complexity index is 830. The average molecular weight is 350 g/mol. The Balaban J connectivity index is 1.55. The van der Waals surface area contributed by atoms with Crippen LogP contribution >= 0.6 is 0 Å². The standard InChI is InChI=1S/C21H22N2O3/c1-21(2)19(24)22-11-12-23(21)20(25)26-13-18-16-9-5-3-7-14(16)15-8-4-6-10-17(15)18/h3-10,18H,11-13H2,1-2H3,(H,22,24). The highest BCUT2D eigenvalue weighted by Gasteiger charge is 2.41. The molecule has 134 valence electrons. The van der Waals surface area contributed by atoms with E-state index in [1.165, 1.54) is 27.2 Å². The first-order valence-electron chi connectivity index (χ1n) is 8.91. The van der Waals surface area contributed by atoms with E-state index < -0.39 is 11.6 Å². The molecule has 2 aromatic carbocycles. The van der Waals surface area contributed by atoms with Crippen molar-refractivity contribution in [2.24, 2.45) is 0 Å². The predicted octanol–water partition coefficient (Wildman–Crippen LogP) is 3.15. The van der Waals surface area contributed by atoms with Crippen molar-refractivity contribution in [3.05, 3.63) is 59.7 Å². The van der Waals surface area contributed by atoms with Crippen LogP contribution in [-0.4, -0.2) is 42.1 Å². The van der Waals surface area contributed by atoms with Gasteiger partial charge >= 0.3 is 6.09 Å². The van der Waals surface area contributed by atoms with Crippen LogP contribution in [0.4, 0.5) is 4.79 Å². The molecule has 1 aliphatic heterocycles. The molecule has 0 spiro atoms. The summed E-state index contributed by atoms with van der Waals surface area (Å²) in [6.07, 6.45) is -0.438. The predicted molar refractivity (Wildman–Crippen MR) is 98.9 cm³/mol. The molecular formula is C21H22N2O3. The highest BCUT2D eigenvalue weighted by atomic mass is 16.6. The lowest BCUT2D eigenvalue weighted by atomic mass is 9.98. The molecule has 1 heterocycles. The second-order valence-electron chi connectivity index (χ2n) is 7.27. The van der Waals surface area contributed by atoms with Gasteiger partial charge in [0, 0.05) is 19.0 Å². The number of carbonyl (C=O) groups excluding carboxylic acids is 2. The Morgan fingerprint density at radius 3 is 2.31 bits per heavy atom. The van der Waals surface area contributed by atoms with Crippen LogP contribution in [-0.2, 0) is 9.53 Å². The summed E-state index contributed by atoms with van der Waals surface area (Å²) in [5.41, 5.74) is 3.85.